The van der Waals surface area contributed by atoms with Gasteiger partial charge in [-0.2, -0.15) is 0 Å². The van der Waals surface area contributed by atoms with E-state index in [9.17, 15) is 8.78 Å². The summed E-state index contributed by atoms with van der Waals surface area (Å²) < 4.78 is 25.5. The van der Waals surface area contributed by atoms with E-state index < -0.39 is 11.6 Å². The third-order valence-electron chi connectivity index (χ3n) is 1.69. The number of nitrogens with two attached hydrogens (primary N) is 1. The lowest BCUT2D eigenvalue weighted by Crippen LogP contribution is -2.08. The maximum Gasteiger partial charge on any atom is 0.128 e. The smallest absolute Gasteiger partial charge is 0.128 e. The third-order valence-corrected chi connectivity index (χ3v) is 1.69. The minimum Gasteiger partial charge on any atom is -0.396 e. The molecule has 5 heteroatoms. The molecule has 0 aliphatic heterocycles. The largest absolute Gasteiger partial charge is 0.396 e. The molecule has 0 aliphatic rings. The quantitative estimate of drug-likeness (QED) is 0.671. The number of nitrogens with one attached hydrogen (secondary N) is 2. The number of benzene rings is 1. The molecule has 4 N–H and O–H groups in total. The fraction of sp³-hybridized carbons (Fsp3) is 0.100. The van der Waals surface area contributed by atoms with Gasteiger partial charge in [-0.25, -0.2) is 8.78 Å². The summed E-state index contributed by atoms with van der Waals surface area (Å²) >= 11 is 0. The van der Waals surface area contributed by atoms with Gasteiger partial charge in [-0.3, -0.25) is 0 Å². The number of halogens is 2. The molecule has 0 amide bonds. The second kappa shape index (κ2) is 4.54. The zero-order valence-electron chi connectivity index (χ0n) is 8.14. The van der Waals surface area contributed by atoms with Gasteiger partial charge in [-0.05, 0) is 19.1 Å². The van der Waals surface area contributed by atoms with Crippen molar-refractivity contribution in [1.82, 2.24) is 0 Å². The lowest BCUT2D eigenvalue weighted by Gasteiger charge is -2.03. The maximum absolute atomic E-state index is 12.7. The van der Waals surface area contributed by atoms with Crippen molar-refractivity contribution < 1.29 is 8.78 Å². The summed E-state index contributed by atoms with van der Waals surface area (Å²) in [6.45, 7) is 1.51. The van der Waals surface area contributed by atoms with Gasteiger partial charge < -0.3 is 16.5 Å². The van der Waals surface area contributed by atoms with Crippen LogP contribution in [0, 0.1) is 17.0 Å². The molecule has 0 unspecified atom stereocenters. The Hall–Kier alpha value is -1.91. The summed E-state index contributed by atoms with van der Waals surface area (Å²) in [5, 5.41) is 9.77. The van der Waals surface area contributed by atoms with Crippen LogP contribution in [0.3, 0.4) is 0 Å². The van der Waals surface area contributed by atoms with E-state index in [2.05, 4.69) is 5.32 Å². The molecule has 0 atom stereocenters. The zero-order valence-corrected chi connectivity index (χ0v) is 8.14. The highest BCUT2D eigenvalue weighted by atomic mass is 19.1. The Balaban J connectivity index is 2.82. The molecular formula is C10H11F2N3. The molecule has 0 heterocycles. The summed E-state index contributed by atoms with van der Waals surface area (Å²) in [5.41, 5.74) is 6.06. The molecule has 15 heavy (non-hydrogen) atoms. The molecule has 1 aromatic carbocycles. The number of hydrogen-bond acceptors (Lipinski definition) is 3. The molecule has 0 aromatic heterocycles. The summed E-state index contributed by atoms with van der Waals surface area (Å²) in [6.07, 6.45) is 1.32. The van der Waals surface area contributed by atoms with E-state index in [1.807, 2.05) is 0 Å². The third kappa shape index (κ3) is 3.38. The molecule has 0 fully saturated rings. The van der Waals surface area contributed by atoms with Gasteiger partial charge >= 0.3 is 0 Å². The number of hydrogen-bond donors (Lipinski definition) is 3. The van der Waals surface area contributed by atoms with Crippen molar-refractivity contribution in [2.75, 3.05) is 5.32 Å². The predicted octanol–water partition coefficient (Wildman–Crippen LogP) is 2.22. The first-order chi connectivity index (χ1) is 6.99. The van der Waals surface area contributed by atoms with Gasteiger partial charge in [0.1, 0.15) is 11.6 Å². The van der Waals surface area contributed by atoms with Gasteiger partial charge in [0.15, 0.2) is 0 Å². The van der Waals surface area contributed by atoms with Crippen molar-refractivity contribution in [1.29, 1.82) is 5.41 Å². The van der Waals surface area contributed by atoms with Gasteiger partial charge in [-0.15, -0.1) is 0 Å². The topological polar surface area (TPSA) is 61.9 Å². The standard InChI is InChI=1S/C10H11F2N3/c1-6(13)10(14)5-15-9-3-7(11)2-8(12)4-9/h2-5,13,15H,14H2,1H3/b10-5+,13-6?. The Kier molecular flexibility index (Phi) is 3.38. The Morgan fingerprint density at radius 1 is 1.33 bits per heavy atom. The number of allylic oxidation sites excluding steroid dienone is 1. The monoisotopic (exact) mass is 211 g/mol. The average molecular weight is 211 g/mol. The van der Waals surface area contributed by atoms with Crippen molar-refractivity contribution in [2.24, 2.45) is 5.73 Å². The van der Waals surface area contributed by atoms with E-state index in [0.717, 1.165) is 18.2 Å². The molecule has 1 rings (SSSR count). The van der Waals surface area contributed by atoms with Crippen LogP contribution in [-0.4, -0.2) is 5.71 Å². The fourth-order valence-corrected chi connectivity index (χ4v) is 0.907. The minimum atomic E-state index is -0.670. The first-order valence-electron chi connectivity index (χ1n) is 4.23. The van der Waals surface area contributed by atoms with Crippen LogP contribution in [0.2, 0.25) is 0 Å². The zero-order chi connectivity index (χ0) is 11.4. The van der Waals surface area contributed by atoms with E-state index >= 15 is 0 Å². The molecule has 0 bridgehead atoms. The molecule has 0 radical (unpaired) electrons. The Morgan fingerprint density at radius 3 is 2.33 bits per heavy atom. The van der Waals surface area contributed by atoms with Gasteiger partial charge in [0.05, 0.1) is 11.4 Å². The normalized spacial score (nSPS) is 11.3. The van der Waals surface area contributed by atoms with Crippen molar-refractivity contribution >= 4 is 11.4 Å². The SMILES string of the molecule is CC(=N)/C(N)=C\Nc1cc(F)cc(F)c1. The summed E-state index contributed by atoms with van der Waals surface area (Å²) in [5.74, 6) is -1.34. The Labute approximate surface area is 86.1 Å². The van der Waals surface area contributed by atoms with Crippen molar-refractivity contribution in [3.8, 4) is 0 Å². The lowest BCUT2D eigenvalue weighted by molar-refractivity contribution is 0.584. The van der Waals surface area contributed by atoms with Crippen LogP contribution in [0.5, 0.6) is 0 Å². The maximum atomic E-state index is 12.7. The van der Waals surface area contributed by atoms with Crippen LogP contribution in [0.4, 0.5) is 14.5 Å². The summed E-state index contributed by atoms with van der Waals surface area (Å²) in [4.78, 5) is 0. The predicted molar refractivity (Wildman–Crippen MR) is 55.7 cm³/mol. The van der Waals surface area contributed by atoms with Crippen LogP contribution in [0.1, 0.15) is 6.92 Å². The molecule has 0 saturated heterocycles. The van der Waals surface area contributed by atoms with Gasteiger partial charge in [0.2, 0.25) is 0 Å². The fourth-order valence-electron chi connectivity index (χ4n) is 0.907. The van der Waals surface area contributed by atoms with Crippen molar-refractivity contribution in [2.45, 2.75) is 6.92 Å². The highest BCUT2D eigenvalue weighted by Crippen LogP contribution is 2.12. The summed E-state index contributed by atoms with van der Waals surface area (Å²) in [7, 11) is 0. The van der Waals surface area contributed by atoms with E-state index in [4.69, 9.17) is 11.1 Å². The molecular weight excluding hydrogens is 200 g/mol. The van der Waals surface area contributed by atoms with Crippen LogP contribution in [-0.2, 0) is 0 Å². The highest BCUT2D eigenvalue weighted by Gasteiger charge is 1.99. The van der Waals surface area contributed by atoms with Gasteiger partial charge in [-0.1, -0.05) is 0 Å². The van der Waals surface area contributed by atoms with Crippen LogP contribution >= 0.6 is 0 Å². The molecule has 0 aliphatic carbocycles. The molecule has 0 saturated carbocycles. The van der Waals surface area contributed by atoms with Crippen LogP contribution < -0.4 is 11.1 Å². The van der Waals surface area contributed by atoms with E-state index in [1.165, 1.54) is 13.1 Å². The minimum absolute atomic E-state index is 0.180. The van der Waals surface area contributed by atoms with E-state index in [-0.39, 0.29) is 17.1 Å². The first-order valence-corrected chi connectivity index (χ1v) is 4.23. The molecule has 3 nitrogen and oxygen atoms in total. The number of anilines is 1. The van der Waals surface area contributed by atoms with Crippen LogP contribution in [0.15, 0.2) is 30.1 Å². The van der Waals surface area contributed by atoms with Gasteiger partial charge in [0.25, 0.3) is 0 Å². The van der Waals surface area contributed by atoms with Gasteiger partial charge in [0, 0.05) is 18.0 Å². The Morgan fingerprint density at radius 2 is 1.87 bits per heavy atom. The van der Waals surface area contributed by atoms with E-state index in [1.54, 1.807) is 0 Å². The average Bonchev–Trinajstić information content (AvgIpc) is 2.12. The second-order valence-corrected chi connectivity index (χ2v) is 3.03. The van der Waals surface area contributed by atoms with E-state index in [0.29, 0.717) is 0 Å². The first kappa shape index (κ1) is 11.2. The Bertz CT molecular complexity index is 393. The molecule has 0 spiro atoms. The molecule has 80 valence electrons. The van der Waals surface area contributed by atoms with Crippen molar-refractivity contribution in [3.05, 3.63) is 41.7 Å². The lowest BCUT2D eigenvalue weighted by atomic mass is 10.3. The number of rotatable bonds is 3. The molecule has 1 aromatic rings. The summed E-state index contributed by atoms with van der Waals surface area (Å²) in [6, 6.07) is 3.04. The highest BCUT2D eigenvalue weighted by molar-refractivity contribution is 5.94. The van der Waals surface area contributed by atoms with Crippen LogP contribution in [0.25, 0.3) is 0 Å². The second-order valence-electron chi connectivity index (χ2n) is 3.03. The van der Waals surface area contributed by atoms with Crippen molar-refractivity contribution in [3.63, 3.8) is 0 Å².